The van der Waals surface area contributed by atoms with Crippen LogP contribution >= 0.6 is 0 Å². The minimum atomic E-state index is 0.163. The van der Waals surface area contributed by atoms with Crippen molar-refractivity contribution >= 4 is 22.6 Å². The van der Waals surface area contributed by atoms with Gasteiger partial charge in [0.15, 0.2) is 0 Å². The van der Waals surface area contributed by atoms with Gasteiger partial charge in [-0.15, -0.1) is 0 Å². The van der Waals surface area contributed by atoms with Gasteiger partial charge in [-0.05, 0) is 71.9 Å². The van der Waals surface area contributed by atoms with E-state index in [1.165, 1.54) is 28.0 Å². The van der Waals surface area contributed by atoms with Gasteiger partial charge in [-0.2, -0.15) is 0 Å². The lowest BCUT2D eigenvalue weighted by Gasteiger charge is -2.25. The normalized spacial score (nSPS) is 13.9. The van der Waals surface area contributed by atoms with Crippen LogP contribution in [0, 0.1) is 12.3 Å². The maximum Gasteiger partial charge on any atom is 0.0462 e. The summed E-state index contributed by atoms with van der Waals surface area (Å²) in [5, 5.41) is 0. The van der Waals surface area contributed by atoms with Gasteiger partial charge in [0.25, 0.3) is 0 Å². The fourth-order valence-electron chi connectivity index (χ4n) is 3.88. The zero-order valence-electron chi connectivity index (χ0n) is 19.0. The van der Waals surface area contributed by atoms with Crippen LogP contribution < -0.4 is 4.90 Å². The van der Waals surface area contributed by atoms with E-state index >= 15 is 0 Å². The van der Waals surface area contributed by atoms with Gasteiger partial charge < -0.3 is 4.90 Å². The molecule has 0 aromatic heterocycles. The molecule has 0 saturated heterocycles. The molecule has 4 rings (SSSR count). The van der Waals surface area contributed by atoms with E-state index in [9.17, 15) is 0 Å². The first-order valence-corrected chi connectivity index (χ1v) is 11.0. The summed E-state index contributed by atoms with van der Waals surface area (Å²) in [6, 6.07) is 28.2. The van der Waals surface area contributed by atoms with Crippen LogP contribution in [0.2, 0.25) is 0 Å². The van der Waals surface area contributed by atoms with Crippen molar-refractivity contribution < 1.29 is 0 Å². The number of allylic oxidation sites excluding steroid dienone is 6. The van der Waals surface area contributed by atoms with E-state index in [0.717, 1.165) is 17.8 Å². The predicted octanol–water partition coefficient (Wildman–Crippen LogP) is 8.78. The SMILES string of the molecule is Cc1ccc(N(c2ccccc2)c2ccc(C3=CC=C(C(C)(C)C)C=CC3)cc2)cc1. The zero-order valence-corrected chi connectivity index (χ0v) is 19.0. The van der Waals surface area contributed by atoms with Crippen molar-refractivity contribution in [2.75, 3.05) is 4.90 Å². The Hall–Kier alpha value is -3.32. The summed E-state index contributed by atoms with van der Waals surface area (Å²) in [4.78, 5) is 2.31. The molecule has 31 heavy (non-hydrogen) atoms. The second-order valence-electron chi connectivity index (χ2n) is 9.22. The number of para-hydroxylation sites is 1. The molecule has 0 amide bonds. The molecule has 1 nitrogen and oxygen atoms in total. The molecule has 0 unspecified atom stereocenters. The quantitative estimate of drug-likeness (QED) is 0.419. The lowest BCUT2D eigenvalue weighted by atomic mass is 9.86. The monoisotopic (exact) mass is 405 g/mol. The van der Waals surface area contributed by atoms with Crippen molar-refractivity contribution in [3.8, 4) is 0 Å². The van der Waals surface area contributed by atoms with Gasteiger partial charge in [0, 0.05) is 17.1 Å². The third-order valence-electron chi connectivity index (χ3n) is 5.77. The summed E-state index contributed by atoms with van der Waals surface area (Å²) < 4.78 is 0. The fraction of sp³-hybridized carbons (Fsp3) is 0.200. The van der Waals surface area contributed by atoms with Crippen LogP contribution in [0.3, 0.4) is 0 Å². The Morgan fingerprint density at radius 1 is 0.677 bits per heavy atom. The molecule has 0 fully saturated rings. The van der Waals surface area contributed by atoms with Gasteiger partial charge >= 0.3 is 0 Å². The molecule has 3 aromatic carbocycles. The smallest absolute Gasteiger partial charge is 0.0462 e. The Bertz CT molecular complexity index is 1110. The molecule has 0 atom stereocenters. The van der Waals surface area contributed by atoms with Crippen molar-refractivity contribution in [1.82, 2.24) is 0 Å². The summed E-state index contributed by atoms with van der Waals surface area (Å²) in [7, 11) is 0. The Kier molecular flexibility index (Phi) is 5.95. The number of benzene rings is 3. The highest BCUT2D eigenvalue weighted by Gasteiger charge is 2.16. The van der Waals surface area contributed by atoms with E-state index in [1.807, 2.05) is 0 Å². The molecule has 156 valence electrons. The van der Waals surface area contributed by atoms with E-state index in [4.69, 9.17) is 0 Å². The topological polar surface area (TPSA) is 3.24 Å². The molecule has 0 N–H and O–H groups in total. The lowest BCUT2D eigenvalue weighted by molar-refractivity contribution is 0.517. The minimum absolute atomic E-state index is 0.163. The van der Waals surface area contributed by atoms with Crippen LogP contribution in [0.4, 0.5) is 17.1 Å². The molecule has 0 spiro atoms. The fourth-order valence-corrected chi connectivity index (χ4v) is 3.88. The molecule has 0 radical (unpaired) electrons. The second-order valence-corrected chi connectivity index (χ2v) is 9.22. The highest BCUT2D eigenvalue weighted by atomic mass is 15.1. The van der Waals surface area contributed by atoms with Crippen LogP contribution in [-0.4, -0.2) is 0 Å². The molecule has 0 heterocycles. The van der Waals surface area contributed by atoms with Crippen LogP contribution in [0.15, 0.2) is 109 Å². The average Bonchev–Trinajstić information content (AvgIpc) is 3.03. The van der Waals surface area contributed by atoms with E-state index < -0.39 is 0 Å². The first kappa shape index (κ1) is 20.9. The number of nitrogens with zero attached hydrogens (tertiary/aromatic N) is 1. The summed E-state index contributed by atoms with van der Waals surface area (Å²) >= 11 is 0. The molecule has 3 aromatic rings. The summed E-state index contributed by atoms with van der Waals surface area (Å²) in [6.45, 7) is 8.92. The average molecular weight is 406 g/mol. The van der Waals surface area contributed by atoms with Crippen molar-refractivity contribution in [3.63, 3.8) is 0 Å². The van der Waals surface area contributed by atoms with Crippen LogP contribution in [0.5, 0.6) is 0 Å². The largest absolute Gasteiger partial charge is 0.311 e. The van der Waals surface area contributed by atoms with Gasteiger partial charge in [0.2, 0.25) is 0 Å². The van der Waals surface area contributed by atoms with E-state index in [-0.39, 0.29) is 5.41 Å². The standard InChI is InChI=1S/C30H31N/c1-23-13-19-28(20-14-23)31(27-11-6-5-7-12-27)29-21-16-25(17-22-29)24-9-8-10-26(18-15-24)30(2,3)4/h5-8,10-22H,9H2,1-4H3. The molecule has 1 aliphatic carbocycles. The Morgan fingerprint density at radius 2 is 1.26 bits per heavy atom. The Balaban J connectivity index is 1.68. The van der Waals surface area contributed by atoms with Gasteiger partial charge in [-0.25, -0.2) is 0 Å². The third-order valence-corrected chi connectivity index (χ3v) is 5.77. The molecular formula is C30H31N. The second kappa shape index (κ2) is 8.81. The van der Waals surface area contributed by atoms with Crippen molar-refractivity contribution in [3.05, 3.63) is 120 Å². The van der Waals surface area contributed by atoms with E-state index in [1.54, 1.807) is 0 Å². The summed E-state index contributed by atoms with van der Waals surface area (Å²) in [5.74, 6) is 0. The first-order valence-electron chi connectivity index (χ1n) is 11.0. The molecule has 0 aliphatic heterocycles. The number of hydrogen-bond donors (Lipinski definition) is 0. The van der Waals surface area contributed by atoms with Gasteiger partial charge in [-0.1, -0.05) is 93.1 Å². The highest BCUT2D eigenvalue weighted by molar-refractivity contribution is 5.78. The third kappa shape index (κ3) is 4.88. The van der Waals surface area contributed by atoms with Gasteiger partial charge in [-0.3, -0.25) is 0 Å². The minimum Gasteiger partial charge on any atom is -0.311 e. The van der Waals surface area contributed by atoms with Crippen LogP contribution in [-0.2, 0) is 0 Å². The molecule has 1 heteroatoms. The summed E-state index contributed by atoms with van der Waals surface area (Å²) in [5.41, 5.74) is 8.91. The first-order chi connectivity index (χ1) is 14.9. The molecule has 0 bridgehead atoms. The Labute approximate surface area is 187 Å². The number of rotatable bonds is 4. The lowest BCUT2D eigenvalue weighted by Crippen LogP contribution is -2.09. The van der Waals surface area contributed by atoms with Crippen molar-refractivity contribution in [2.24, 2.45) is 5.41 Å². The molecular weight excluding hydrogens is 374 g/mol. The van der Waals surface area contributed by atoms with E-state index in [0.29, 0.717) is 0 Å². The predicted molar refractivity (Wildman–Crippen MR) is 135 cm³/mol. The zero-order chi connectivity index (χ0) is 21.8. The number of anilines is 3. The van der Waals surface area contributed by atoms with Gasteiger partial charge in [0.1, 0.15) is 0 Å². The summed E-state index contributed by atoms with van der Waals surface area (Å²) in [6.07, 6.45) is 10.1. The number of aryl methyl sites for hydroxylation is 1. The van der Waals surface area contributed by atoms with Crippen LogP contribution in [0.1, 0.15) is 38.3 Å². The highest BCUT2D eigenvalue weighted by Crippen LogP contribution is 2.36. The van der Waals surface area contributed by atoms with Gasteiger partial charge in [0.05, 0.1) is 0 Å². The Morgan fingerprint density at radius 3 is 1.87 bits per heavy atom. The van der Waals surface area contributed by atoms with Crippen LogP contribution in [0.25, 0.3) is 5.57 Å². The van der Waals surface area contributed by atoms with E-state index in [2.05, 4.69) is 136 Å². The maximum atomic E-state index is 2.31. The maximum absolute atomic E-state index is 2.31. The molecule has 1 aliphatic rings. The number of hydrogen-bond acceptors (Lipinski definition) is 1. The van der Waals surface area contributed by atoms with Crippen molar-refractivity contribution in [2.45, 2.75) is 34.1 Å². The van der Waals surface area contributed by atoms with Crippen molar-refractivity contribution in [1.29, 1.82) is 0 Å². The molecule has 0 saturated carbocycles.